The molecule has 0 saturated carbocycles. The van der Waals surface area contributed by atoms with E-state index in [0.29, 0.717) is 31.0 Å². The molecule has 0 aliphatic carbocycles. The summed E-state index contributed by atoms with van der Waals surface area (Å²) in [6.07, 6.45) is 0.728. The Kier molecular flexibility index (Phi) is 6.45. The van der Waals surface area contributed by atoms with Gasteiger partial charge in [-0.25, -0.2) is 0 Å². The molecule has 2 N–H and O–H groups in total. The number of benzene rings is 1. The van der Waals surface area contributed by atoms with Crippen LogP contribution in [-0.4, -0.2) is 37.6 Å². The fraction of sp³-hybridized carbons (Fsp3) is 0.462. The number of nitro groups is 1. The first-order valence-electron chi connectivity index (χ1n) is 6.42. The molecule has 20 heavy (non-hydrogen) atoms. The van der Waals surface area contributed by atoms with Crippen molar-refractivity contribution in [3.05, 3.63) is 33.9 Å². The quantitative estimate of drug-likeness (QED) is 0.430. The second kappa shape index (κ2) is 8.11. The smallest absolute Gasteiger partial charge is 0.292 e. The number of nitrogens with zero attached hydrogens (tertiary/aromatic N) is 1. The van der Waals surface area contributed by atoms with Gasteiger partial charge < -0.3 is 15.4 Å². The topological polar surface area (TPSA) is 93.5 Å². The molecule has 1 aromatic rings. The number of amides is 1. The summed E-state index contributed by atoms with van der Waals surface area (Å²) in [7, 11) is 1.58. The number of hydrogen-bond donors (Lipinski definition) is 2. The van der Waals surface area contributed by atoms with E-state index in [4.69, 9.17) is 4.74 Å². The van der Waals surface area contributed by atoms with Gasteiger partial charge in [-0.3, -0.25) is 14.9 Å². The van der Waals surface area contributed by atoms with E-state index >= 15 is 0 Å². The summed E-state index contributed by atoms with van der Waals surface area (Å²) < 4.78 is 5.16. The highest BCUT2D eigenvalue weighted by atomic mass is 16.6. The summed E-state index contributed by atoms with van der Waals surface area (Å²) in [6, 6.07) is 4.23. The maximum atomic E-state index is 11.9. The largest absolute Gasteiger partial charge is 0.383 e. The number of rotatable bonds is 8. The van der Waals surface area contributed by atoms with Crippen molar-refractivity contribution in [3.8, 4) is 0 Å². The summed E-state index contributed by atoms with van der Waals surface area (Å²) in [5, 5.41) is 16.2. The Morgan fingerprint density at radius 3 is 2.80 bits per heavy atom. The molecule has 1 amide bonds. The Labute approximate surface area is 117 Å². The van der Waals surface area contributed by atoms with E-state index in [1.165, 1.54) is 18.2 Å². The Bertz CT molecular complexity index is 477. The van der Waals surface area contributed by atoms with Crippen LogP contribution < -0.4 is 10.6 Å². The predicted octanol–water partition coefficient (Wildman–Crippen LogP) is 1.79. The second-order valence-electron chi connectivity index (χ2n) is 4.05. The molecule has 0 saturated heterocycles. The molecule has 7 nitrogen and oxygen atoms in total. The third-order valence-electron chi connectivity index (χ3n) is 2.68. The van der Waals surface area contributed by atoms with Gasteiger partial charge in [-0.05, 0) is 25.5 Å². The number of nitrogens with one attached hydrogen (secondary N) is 2. The van der Waals surface area contributed by atoms with Crippen molar-refractivity contribution in [1.29, 1.82) is 0 Å². The standard InChI is InChI=1S/C13H19N3O4/c1-3-20-8-4-7-15-13(17)10-5-6-12(16(18)19)11(9-10)14-2/h5-6,9,14H,3-4,7-8H2,1-2H3,(H,15,17). The minimum atomic E-state index is -0.490. The Morgan fingerprint density at radius 2 is 2.20 bits per heavy atom. The van der Waals surface area contributed by atoms with Gasteiger partial charge >= 0.3 is 0 Å². The molecule has 0 aliphatic heterocycles. The van der Waals surface area contributed by atoms with Crippen molar-refractivity contribution >= 4 is 17.3 Å². The van der Waals surface area contributed by atoms with E-state index < -0.39 is 4.92 Å². The molecule has 110 valence electrons. The normalized spacial score (nSPS) is 10.1. The molecule has 0 atom stereocenters. The molecular formula is C13H19N3O4. The first-order valence-corrected chi connectivity index (χ1v) is 6.42. The van der Waals surface area contributed by atoms with Crippen LogP contribution in [0.3, 0.4) is 0 Å². The average molecular weight is 281 g/mol. The van der Waals surface area contributed by atoms with E-state index in [1.807, 2.05) is 6.92 Å². The zero-order valence-corrected chi connectivity index (χ0v) is 11.6. The third kappa shape index (κ3) is 4.51. The summed E-state index contributed by atoms with van der Waals surface area (Å²) in [6.45, 7) is 3.67. The highest BCUT2D eigenvalue weighted by Gasteiger charge is 2.15. The first-order chi connectivity index (χ1) is 9.60. The molecule has 0 spiro atoms. The van der Waals surface area contributed by atoms with Crippen molar-refractivity contribution in [2.75, 3.05) is 32.1 Å². The first kappa shape index (κ1) is 15.9. The molecule has 0 radical (unpaired) electrons. The van der Waals surface area contributed by atoms with Crippen LogP contribution >= 0.6 is 0 Å². The van der Waals surface area contributed by atoms with E-state index in [9.17, 15) is 14.9 Å². The molecule has 0 fully saturated rings. The van der Waals surface area contributed by atoms with Crippen LogP contribution in [0.2, 0.25) is 0 Å². The predicted molar refractivity (Wildman–Crippen MR) is 76.1 cm³/mol. The van der Waals surface area contributed by atoms with Crippen molar-refractivity contribution in [1.82, 2.24) is 5.32 Å². The minimum Gasteiger partial charge on any atom is -0.383 e. The molecule has 7 heteroatoms. The van der Waals surface area contributed by atoms with Gasteiger partial charge in [0.25, 0.3) is 11.6 Å². The molecule has 0 bridgehead atoms. The molecule has 1 rings (SSSR count). The van der Waals surface area contributed by atoms with E-state index in [2.05, 4.69) is 10.6 Å². The van der Waals surface area contributed by atoms with Gasteiger partial charge in [-0.1, -0.05) is 0 Å². The van der Waals surface area contributed by atoms with Gasteiger partial charge in [-0.2, -0.15) is 0 Å². The number of carbonyl (C=O) groups is 1. The lowest BCUT2D eigenvalue weighted by Crippen LogP contribution is -2.25. The zero-order chi connectivity index (χ0) is 15.0. The maximum absolute atomic E-state index is 11.9. The summed E-state index contributed by atoms with van der Waals surface area (Å²) in [5.74, 6) is -0.257. The summed E-state index contributed by atoms with van der Waals surface area (Å²) >= 11 is 0. The number of carbonyl (C=O) groups excluding carboxylic acids is 1. The van der Waals surface area contributed by atoms with E-state index in [0.717, 1.165) is 6.42 Å². The average Bonchev–Trinajstić information content (AvgIpc) is 2.45. The van der Waals surface area contributed by atoms with Crippen molar-refractivity contribution < 1.29 is 14.5 Å². The van der Waals surface area contributed by atoms with Gasteiger partial charge in [0.2, 0.25) is 0 Å². The molecule has 0 aromatic heterocycles. The van der Waals surface area contributed by atoms with Crippen LogP contribution in [0.4, 0.5) is 11.4 Å². The number of hydrogen-bond acceptors (Lipinski definition) is 5. The zero-order valence-electron chi connectivity index (χ0n) is 11.6. The third-order valence-corrected chi connectivity index (χ3v) is 2.68. The minimum absolute atomic E-state index is 0.0552. The lowest BCUT2D eigenvalue weighted by atomic mass is 10.1. The van der Waals surface area contributed by atoms with Crippen LogP contribution in [0, 0.1) is 10.1 Å². The Morgan fingerprint density at radius 1 is 1.45 bits per heavy atom. The van der Waals surface area contributed by atoms with Crippen LogP contribution in [0.1, 0.15) is 23.7 Å². The fourth-order valence-electron chi connectivity index (χ4n) is 1.66. The highest BCUT2D eigenvalue weighted by Crippen LogP contribution is 2.24. The number of ether oxygens (including phenoxy) is 1. The summed E-state index contributed by atoms with van der Waals surface area (Å²) in [5.41, 5.74) is 0.647. The van der Waals surface area contributed by atoms with Crippen LogP contribution in [0.5, 0.6) is 0 Å². The Balaban J connectivity index is 2.62. The molecule has 0 unspecified atom stereocenters. The van der Waals surface area contributed by atoms with Crippen molar-refractivity contribution in [2.24, 2.45) is 0 Å². The number of anilines is 1. The van der Waals surface area contributed by atoms with Gasteiger partial charge in [0, 0.05) is 38.4 Å². The van der Waals surface area contributed by atoms with E-state index in [-0.39, 0.29) is 11.6 Å². The van der Waals surface area contributed by atoms with Crippen LogP contribution in [-0.2, 0) is 4.74 Å². The maximum Gasteiger partial charge on any atom is 0.292 e. The van der Waals surface area contributed by atoms with Crippen LogP contribution in [0.25, 0.3) is 0 Å². The number of nitro benzene ring substituents is 1. The Hall–Kier alpha value is -2.15. The lowest BCUT2D eigenvalue weighted by Gasteiger charge is -2.07. The lowest BCUT2D eigenvalue weighted by molar-refractivity contribution is -0.383. The van der Waals surface area contributed by atoms with Crippen molar-refractivity contribution in [3.63, 3.8) is 0 Å². The van der Waals surface area contributed by atoms with Crippen molar-refractivity contribution in [2.45, 2.75) is 13.3 Å². The van der Waals surface area contributed by atoms with Gasteiger partial charge in [0.05, 0.1) is 4.92 Å². The van der Waals surface area contributed by atoms with Gasteiger partial charge in [-0.15, -0.1) is 0 Å². The van der Waals surface area contributed by atoms with Gasteiger partial charge in [0.15, 0.2) is 0 Å². The highest BCUT2D eigenvalue weighted by molar-refractivity contribution is 5.95. The molecule has 1 aromatic carbocycles. The molecular weight excluding hydrogens is 262 g/mol. The fourth-order valence-corrected chi connectivity index (χ4v) is 1.66. The monoisotopic (exact) mass is 281 g/mol. The molecule has 0 heterocycles. The van der Waals surface area contributed by atoms with Gasteiger partial charge in [0.1, 0.15) is 5.69 Å². The second-order valence-corrected chi connectivity index (χ2v) is 4.05. The summed E-state index contributed by atoms with van der Waals surface area (Å²) in [4.78, 5) is 22.2. The van der Waals surface area contributed by atoms with Crippen LogP contribution in [0.15, 0.2) is 18.2 Å². The molecule has 0 aliphatic rings. The SMILES string of the molecule is CCOCCCNC(=O)c1ccc([N+](=O)[O-])c(NC)c1. The van der Waals surface area contributed by atoms with E-state index in [1.54, 1.807) is 7.05 Å².